The van der Waals surface area contributed by atoms with Gasteiger partial charge in [0.15, 0.2) is 17.3 Å². The Labute approximate surface area is 256 Å². The van der Waals surface area contributed by atoms with Crippen molar-refractivity contribution in [1.82, 2.24) is 20.0 Å². The van der Waals surface area contributed by atoms with E-state index in [1.165, 1.54) is 17.6 Å². The number of fused-ring (bicyclic) bond motifs is 4. The number of rotatable bonds is 8. The van der Waals surface area contributed by atoms with Gasteiger partial charge in [0, 0.05) is 28.7 Å². The number of nitriles is 1. The van der Waals surface area contributed by atoms with E-state index >= 15 is 0 Å². The van der Waals surface area contributed by atoms with Crippen LogP contribution in [0.25, 0.3) is 11.5 Å². The molecule has 0 saturated carbocycles. The van der Waals surface area contributed by atoms with Gasteiger partial charge >= 0.3 is 0 Å². The Balaban J connectivity index is 1.46. The number of nitrogens with one attached hydrogen (secondary N) is 2. The van der Waals surface area contributed by atoms with Crippen molar-refractivity contribution >= 4 is 28.4 Å². The zero-order valence-electron chi connectivity index (χ0n) is 25.3. The molecule has 3 unspecified atom stereocenters. The first-order valence-electron chi connectivity index (χ1n) is 15.1. The fraction of sp³-hybridized carbons (Fsp3) is 0.581. The average Bonchev–Trinajstić information content (AvgIpc) is 3.68. The number of nitrogen functional groups attached to an aromatic ring is 1. The van der Waals surface area contributed by atoms with Crippen LogP contribution >= 0.6 is 11.3 Å². The molecule has 11 nitrogen and oxygen atoms in total. The van der Waals surface area contributed by atoms with Crippen molar-refractivity contribution < 1.29 is 14.4 Å². The normalized spacial score (nSPS) is 22.6. The maximum Gasteiger partial charge on any atom is 0.228 e. The molecule has 4 heterocycles. The molecule has 228 valence electrons. The standard InChI is InChI=1S/C31H40N8O3S/c1-17(21-9-7-13-39(21)4)35-27-20(15-33)29(41-16-30(2,3)40)37-28(36-27)24-18-8-5-11-31(25(18)42-38-24)12-6-10-22-23(31)19(14-32)26(34)43-22/h15,17,21,33,40H,5-13,16,34H2,1-4H3,(H,35,36,37). The first kappa shape index (κ1) is 29.5. The molecule has 3 atom stereocenters. The van der Waals surface area contributed by atoms with Gasteiger partial charge in [0.2, 0.25) is 5.88 Å². The second kappa shape index (κ2) is 11.2. The number of aryl methyl sites for hydroxylation is 1. The summed E-state index contributed by atoms with van der Waals surface area (Å²) >= 11 is 1.52. The van der Waals surface area contributed by atoms with Crippen LogP contribution in [0.5, 0.6) is 5.88 Å². The van der Waals surface area contributed by atoms with Crippen molar-refractivity contribution in [2.45, 2.75) is 95.2 Å². The van der Waals surface area contributed by atoms with Crippen molar-refractivity contribution in [1.29, 1.82) is 10.7 Å². The van der Waals surface area contributed by atoms with Gasteiger partial charge in [0.25, 0.3) is 0 Å². The first-order chi connectivity index (χ1) is 20.6. The fourth-order valence-corrected chi connectivity index (χ4v) is 8.41. The lowest BCUT2D eigenvalue weighted by Crippen LogP contribution is -2.39. The second-order valence-electron chi connectivity index (χ2n) is 12.9. The topological polar surface area (TPSA) is 170 Å². The van der Waals surface area contributed by atoms with Crippen LogP contribution < -0.4 is 15.8 Å². The number of hydrogen-bond acceptors (Lipinski definition) is 12. The number of anilines is 2. The minimum atomic E-state index is -1.10. The highest BCUT2D eigenvalue weighted by Gasteiger charge is 2.49. The van der Waals surface area contributed by atoms with E-state index in [0.29, 0.717) is 39.5 Å². The number of aliphatic hydroxyl groups is 1. The summed E-state index contributed by atoms with van der Waals surface area (Å²) in [4.78, 5) is 13.2. The molecule has 0 amide bonds. The predicted molar refractivity (Wildman–Crippen MR) is 166 cm³/mol. The van der Waals surface area contributed by atoms with E-state index in [4.69, 9.17) is 30.4 Å². The minimum absolute atomic E-state index is 0.00995. The van der Waals surface area contributed by atoms with E-state index < -0.39 is 11.0 Å². The maximum atomic E-state index is 10.4. The highest BCUT2D eigenvalue weighted by molar-refractivity contribution is 7.16. The Morgan fingerprint density at radius 1 is 1.33 bits per heavy atom. The summed E-state index contributed by atoms with van der Waals surface area (Å²) in [7, 11) is 2.13. The summed E-state index contributed by atoms with van der Waals surface area (Å²) in [5.74, 6) is 1.81. The van der Waals surface area contributed by atoms with Crippen LogP contribution in [0.3, 0.4) is 0 Å². The van der Waals surface area contributed by atoms with Gasteiger partial charge in [-0.3, -0.25) is 0 Å². The molecular weight excluding hydrogens is 564 g/mol. The van der Waals surface area contributed by atoms with Crippen LogP contribution in [0.15, 0.2) is 4.52 Å². The molecule has 5 N–H and O–H groups in total. The van der Waals surface area contributed by atoms with Crippen LogP contribution in [-0.4, -0.2) is 69.2 Å². The lowest BCUT2D eigenvalue weighted by Gasteiger charge is -2.39. The van der Waals surface area contributed by atoms with Gasteiger partial charge in [-0.25, -0.2) is 4.98 Å². The monoisotopic (exact) mass is 604 g/mol. The van der Waals surface area contributed by atoms with Gasteiger partial charge in [-0.15, -0.1) is 11.3 Å². The van der Waals surface area contributed by atoms with Crippen LogP contribution in [0, 0.1) is 16.7 Å². The Kier molecular flexibility index (Phi) is 7.69. The summed E-state index contributed by atoms with van der Waals surface area (Å²) in [5.41, 5.74) is 8.25. The van der Waals surface area contributed by atoms with Crippen LogP contribution in [0.2, 0.25) is 0 Å². The smallest absolute Gasteiger partial charge is 0.228 e. The summed E-state index contributed by atoms with van der Waals surface area (Å²) in [6.07, 6.45) is 8.65. The molecule has 1 saturated heterocycles. The number of likely N-dealkylation sites (tertiary alicyclic amines) is 1. The van der Waals surface area contributed by atoms with Crippen LogP contribution in [0.4, 0.5) is 10.8 Å². The van der Waals surface area contributed by atoms with E-state index in [9.17, 15) is 10.4 Å². The van der Waals surface area contributed by atoms with Crippen molar-refractivity contribution in [3.63, 3.8) is 0 Å². The number of ether oxygens (including phenoxy) is 1. The van der Waals surface area contributed by atoms with Gasteiger partial charge in [-0.05, 0) is 91.3 Å². The summed E-state index contributed by atoms with van der Waals surface area (Å²) in [5, 5.41) is 37.3. The summed E-state index contributed by atoms with van der Waals surface area (Å²) < 4.78 is 12.2. The Bertz CT molecular complexity index is 1580. The predicted octanol–water partition coefficient (Wildman–Crippen LogP) is 4.65. The molecule has 0 aromatic carbocycles. The lowest BCUT2D eigenvalue weighted by molar-refractivity contribution is 0.0268. The molecule has 1 fully saturated rings. The van der Waals surface area contributed by atoms with E-state index in [1.807, 2.05) is 0 Å². The number of nitrogens with two attached hydrogens (primary N) is 1. The van der Waals surface area contributed by atoms with Gasteiger partial charge in [-0.2, -0.15) is 10.2 Å². The minimum Gasteiger partial charge on any atom is -0.474 e. The third-order valence-corrected chi connectivity index (χ3v) is 10.3. The molecule has 3 aliphatic rings. The van der Waals surface area contributed by atoms with Gasteiger partial charge < -0.3 is 35.7 Å². The van der Waals surface area contributed by atoms with Crippen LogP contribution in [-0.2, 0) is 18.3 Å². The summed E-state index contributed by atoms with van der Waals surface area (Å²) in [6, 6.07) is 2.75. The second-order valence-corrected chi connectivity index (χ2v) is 14.0. The van der Waals surface area contributed by atoms with Crippen molar-refractivity contribution in [2.75, 3.05) is 31.2 Å². The Morgan fingerprint density at radius 2 is 2.09 bits per heavy atom. The maximum absolute atomic E-state index is 10.4. The molecule has 3 aromatic rings. The molecule has 6 rings (SSSR count). The fourth-order valence-electron chi connectivity index (χ4n) is 7.25. The SMILES string of the molecule is CC(Nc1nc(-c2noc3c2CCCC32CCCc3sc(N)c(C#N)c32)nc(OCC(C)(C)O)c1C=N)C1CCCN1C. The Morgan fingerprint density at radius 3 is 2.77 bits per heavy atom. The highest BCUT2D eigenvalue weighted by Crippen LogP contribution is 2.55. The average molecular weight is 605 g/mol. The van der Waals surface area contributed by atoms with Gasteiger partial charge in [-0.1, -0.05) is 5.16 Å². The van der Waals surface area contributed by atoms with Crippen molar-refractivity contribution in [3.8, 4) is 23.5 Å². The number of thiophene rings is 1. The Hall–Kier alpha value is -3.53. The van der Waals surface area contributed by atoms with E-state index in [0.717, 1.165) is 79.7 Å². The molecular formula is C31H40N8O3S. The number of nitrogens with zero attached hydrogens (tertiary/aromatic N) is 5. The van der Waals surface area contributed by atoms with Crippen molar-refractivity contribution in [2.24, 2.45) is 0 Å². The van der Waals surface area contributed by atoms with Crippen LogP contribution in [0.1, 0.15) is 92.2 Å². The van der Waals surface area contributed by atoms with Gasteiger partial charge in [0.05, 0.1) is 22.1 Å². The largest absolute Gasteiger partial charge is 0.474 e. The molecule has 12 heteroatoms. The molecule has 1 aliphatic heterocycles. The zero-order valence-corrected chi connectivity index (χ0v) is 26.1. The summed E-state index contributed by atoms with van der Waals surface area (Å²) in [6.45, 7) is 6.48. The molecule has 0 bridgehead atoms. The third kappa shape index (κ3) is 5.17. The number of aromatic nitrogens is 3. The van der Waals surface area contributed by atoms with E-state index in [2.05, 4.69) is 35.4 Å². The quantitative estimate of drug-likeness (QED) is 0.265. The van der Waals surface area contributed by atoms with Gasteiger partial charge in [0.1, 0.15) is 23.5 Å². The molecule has 1 spiro atoms. The zero-order chi connectivity index (χ0) is 30.5. The van der Waals surface area contributed by atoms with E-state index in [-0.39, 0.29) is 18.5 Å². The number of likely N-dealkylation sites (N-methyl/N-ethyl adjacent to an activating group) is 1. The van der Waals surface area contributed by atoms with E-state index in [1.54, 1.807) is 13.8 Å². The molecule has 3 aromatic heterocycles. The molecule has 0 radical (unpaired) electrons. The molecule has 43 heavy (non-hydrogen) atoms. The lowest BCUT2D eigenvalue weighted by atomic mass is 9.63. The third-order valence-electron chi connectivity index (χ3n) is 9.21. The first-order valence-corrected chi connectivity index (χ1v) is 15.9. The number of hydrogen-bond donors (Lipinski definition) is 4. The molecule has 2 aliphatic carbocycles. The van der Waals surface area contributed by atoms with Crippen molar-refractivity contribution in [3.05, 3.63) is 32.9 Å². The highest BCUT2D eigenvalue weighted by atomic mass is 32.1.